The highest BCUT2D eigenvalue weighted by Gasteiger charge is 2.06. The molecule has 88 valence electrons. The van der Waals surface area contributed by atoms with Gasteiger partial charge in [0.15, 0.2) is 5.78 Å². The van der Waals surface area contributed by atoms with Crippen molar-refractivity contribution >= 4 is 5.78 Å². The van der Waals surface area contributed by atoms with E-state index < -0.39 is 0 Å². The summed E-state index contributed by atoms with van der Waals surface area (Å²) in [5.74, 6) is 1.20. The normalized spacial score (nSPS) is 10.8. The summed E-state index contributed by atoms with van der Waals surface area (Å²) in [6.45, 7) is 5.76. The van der Waals surface area contributed by atoms with Gasteiger partial charge in [-0.25, -0.2) is 9.97 Å². The minimum atomic E-state index is -0.0393. The third-order valence-corrected chi connectivity index (χ3v) is 2.65. The van der Waals surface area contributed by atoms with Crippen LogP contribution in [-0.2, 0) is 0 Å². The van der Waals surface area contributed by atoms with E-state index in [2.05, 4.69) is 23.8 Å². The Balaban J connectivity index is 2.30. The fraction of sp³-hybridized carbons (Fsp3) is 0.308. The molecule has 0 fully saturated rings. The number of carbonyl (C=O) groups excluding carboxylic acids is 1. The van der Waals surface area contributed by atoms with Crippen LogP contribution in [0.25, 0.3) is 5.82 Å². The monoisotopic (exact) mass is 229 g/mol. The van der Waals surface area contributed by atoms with Crippen LogP contribution in [0.15, 0.2) is 30.9 Å². The van der Waals surface area contributed by atoms with Gasteiger partial charge in [-0.15, -0.1) is 0 Å². The van der Waals surface area contributed by atoms with E-state index in [1.165, 1.54) is 12.5 Å². The Kier molecular flexibility index (Phi) is 3.04. The van der Waals surface area contributed by atoms with E-state index in [1.54, 1.807) is 17.1 Å². The van der Waals surface area contributed by atoms with Gasteiger partial charge in [-0.05, 0) is 17.5 Å². The SMILES string of the molecule is CC(=O)c1cn(-c2ccc(C(C)C)cn2)cn1. The van der Waals surface area contributed by atoms with Crippen LogP contribution in [0.1, 0.15) is 42.7 Å². The van der Waals surface area contributed by atoms with E-state index in [9.17, 15) is 4.79 Å². The predicted octanol–water partition coefficient (Wildman–Crippen LogP) is 2.59. The van der Waals surface area contributed by atoms with Crippen molar-refractivity contribution in [1.82, 2.24) is 14.5 Å². The molecule has 4 heteroatoms. The number of imidazole rings is 1. The third kappa shape index (κ3) is 2.41. The first-order valence-corrected chi connectivity index (χ1v) is 5.59. The highest BCUT2D eigenvalue weighted by molar-refractivity contribution is 5.91. The Morgan fingerprint density at radius 2 is 2.06 bits per heavy atom. The lowest BCUT2D eigenvalue weighted by Gasteiger charge is -2.05. The molecule has 0 unspecified atom stereocenters. The van der Waals surface area contributed by atoms with Gasteiger partial charge < -0.3 is 0 Å². The second-order valence-electron chi connectivity index (χ2n) is 4.33. The molecule has 0 saturated carbocycles. The molecule has 0 aliphatic carbocycles. The van der Waals surface area contributed by atoms with Crippen LogP contribution >= 0.6 is 0 Å². The molecule has 0 atom stereocenters. The summed E-state index contributed by atoms with van der Waals surface area (Å²) in [6.07, 6.45) is 5.15. The average molecular weight is 229 g/mol. The number of nitrogens with zero attached hydrogens (tertiary/aromatic N) is 3. The molecule has 2 rings (SSSR count). The number of aromatic nitrogens is 3. The zero-order valence-corrected chi connectivity index (χ0v) is 10.2. The number of Topliss-reactive ketones (excluding diaryl/α,β-unsaturated/α-hetero) is 1. The maximum absolute atomic E-state index is 11.1. The predicted molar refractivity (Wildman–Crippen MR) is 65.5 cm³/mol. The van der Waals surface area contributed by atoms with Crippen LogP contribution in [0, 0.1) is 0 Å². The van der Waals surface area contributed by atoms with Crippen molar-refractivity contribution < 1.29 is 4.79 Å². The molecule has 0 spiro atoms. The highest BCUT2D eigenvalue weighted by atomic mass is 16.1. The van der Waals surface area contributed by atoms with E-state index in [0.29, 0.717) is 11.6 Å². The van der Waals surface area contributed by atoms with Gasteiger partial charge in [0.25, 0.3) is 0 Å². The number of ketones is 1. The van der Waals surface area contributed by atoms with Crippen molar-refractivity contribution in [2.45, 2.75) is 26.7 Å². The van der Waals surface area contributed by atoms with Gasteiger partial charge in [-0.3, -0.25) is 9.36 Å². The highest BCUT2D eigenvalue weighted by Crippen LogP contribution is 2.14. The molecule has 2 aromatic heterocycles. The largest absolute Gasteiger partial charge is 0.293 e. The van der Waals surface area contributed by atoms with Crippen molar-refractivity contribution in [3.8, 4) is 5.82 Å². The summed E-state index contributed by atoms with van der Waals surface area (Å²) in [6, 6.07) is 3.97. The first-order valence-electron chi connectivity index (χ1n) is 5.59. The standard InChI is InChI=1S/C13H15N3O/c1-9(2)11-4-5-13(14-6-11)16-7-12(10(3)17)15-8-16/h4-9H,1-3H3. The van der Waals surface area contributed by atoms with Crippen molar-refractivity contribution in [3.63, 3.8) is 0 Å². The maximum Gasteiger partial charge on any atom is 0.179 e. The number of hydrogen-bond donors (Lipinski definition) is 0. The topological polar surface area (TPSA) is 47.8 Å². The van der Waals surface area contributed by atoms with Crippen LogP contribution in [0.2, 0.25) is 0 Å². The fourth-order valence-electron chi connectivity index (χ4n) is 1.52. The summed E-state index contributed by atoms with van der Waals surface area (Å²) in [7, 11) is 0. The average Bonchev–Trinajstić information content (AvgIpc) is 2.78. The molecule has 0 bridgehead atoms. The zero-order chi connectivity index (χ0) is 12.4. The Hall–Kier alpha value is -1.97. The van der Waals surface area contributed by atoms with E-state index >= 15 is 0 Å². The molecular formula is C13H15N3O. The van der Waals surface area contributed by atoms with E-state index in [4.69, 9.17) is 0 Å². The fourth-order valence-corrected chi connectivity index (χ4v) is 1.52. The van der Waals surface area contributed by atoms with Crippen molar-refractivity contribution in [2.24, 2.45) is 0 Å². The van der Waals surface area contributed by atoms with Gasteiger partial charge in [-0.2, -0.15) is 0 Å². The van der Waals surface area contributed by atoms with Gasteiger partial charge in [-0.1, -0.05) is 19.9 Å². The van der Waals surface area contributed by atoms with Crippen LogP contribution in [0.5, 0.6) is 0 Å². The Morgan fingerprint density at radius 1 is 1.29 bits per heavy atom. The van der Waals surface area contributed by atoms with E-state index in [-0.39, 0.29) is 5.78 Å². The molecule has 0 amide bonds. The Morgan fingerprint density at radius 3 is 2.53 bits per heavy atom. The van der Waals surface area contributed by atoms with E-state index in [1.807, 2.05) is 18.3 Å². The van der Waals surface area contributed by atoms with Gasteiger partial charge >= 0.3 is 0 Å². The summed E-state index contributed by atoms with van der Waals surface area (Å²) in [5.41, 5.74) is 1.65. The lowest BCUT2D eigenvalue weighted by atomic mass is 10.1. The van der Waals surface area contributed by atoms with Crippen molar-refractivity contribution in [2.75, 3.05) is 0 Å². The number of hydrogen-bond acceptors (Lipinski definition) is 3. The first kappa shape index (κ1) is 11.5. The first-order chi connectivity index (χ1) is 8.08. The van der Waals surface area contributed by atoms with Gasteiger partial charge in [0, 0.05) is 19.3 Å². The number of rotatable bonds is 3. The Bertz CT molecular complexity index is 526. The molecule has 17 heavy (non-hydrogen) atoms. The molecule has 0 saturated heterocycles. The number of carbonyl (C=O) groups is 1. The second kappa shape index (κ2) is 4.49. The molecule has 2 heterocycles. The van der Waals surface area contributed by atoms with Crippen LogP contribution in [0.4, 0.5) is 0 Å². The molecule has 2 aromatic rings. The van der Waals surface area contributed by atoms with Gasteiger partial charge in [0.2, 0.25) is 0 Å². The summed E-state index contributed by atoms with van der Waals surface area (Å²) >= 11 is 0. The van der Waals surface area contributed by atoms with Gasteiger partial charge in [0.1, 0.15) is 17.8 Å². The van der Waals surface area contributed by atoms with Crippen LogP contribution in [-0.4, -0.2) is 20.3 Å². The minimum Gasteiger partial charge on any atom is -0.293 e. The molecule has 4 nitrogen and oxygen atoms in total. The smallest absolute Gasteiger partial charge is 0.179 e. The zero-order valence-electron chi connectivity index (χ0n) is 10.2. The summed E-state index contributed by atoms with van der Waals surface area (Å²) < 4.78 is 1.75. The lowest BCUT2D eigenvalue weighted by molar-refractivity contribution is 0.101. The quantitative estimate of drug-likeness (QED) is 0.760. The molecule has 0 aliphatic heterocycles. The Labute approximate surface area is 100 Å². The third-order valence-electron chi connectivity index (χ3n) is 2.65. The van der Waals surface area contributed by atoms with Crippen molar-refractivity contribution in [3.05, 3.63) is 42.1 Å². The summed E-state index contributed by atoms with van der Waals surface area (Å²) in [5, 5.41) is 0. The second-order valence-corrected chi connectivity index (χ2v) is 4.33. The van der Waals surface area contributed by atoms with Gasteiger partial charge in [0.05, 0.1) is 0 Å². The molecule has 0 aliphatic rings. The molecular weight excluding hydrogens is 214 g/mol. The van der Waals surface area contributed by atoms with Crippen LogP contribution in [0.3, 0.4) is 0 Å². The lowest BCUT2D eigenvalue weighted by Crippen LogP contribution is -1.97. The number of pyridine rings is 1. The molecule has 0 aromatic carbocycles. The van der Waals surface area contributed by atoms with Crippen LogP contribution < -0.4 is 0 Å². The summed E-state index contributed by atoms with van der Waals surface area (Å²) in [4.78, 5) is 19.5. The molecule has 0 N–H and O–H groups in total. The van der Waals surface area contributed by atoms with Crippen molar-refractivity contribution in [1.29, 1.82) is 0 Å². The minimum absolute atomic E-state index is 0.0393. The van der Waals surface area contributed by atoms with E-state index in [0.717, 1.165) is 5.82 Å². The molecule has 0 radical (unpaired) electrons. The maximum atomic E-state index is 11.1.